The molecule has 0 aliphatic carbocycles. The second-order valence-corrected chi connectivity index (χ2v) is 9.19. The van der Waals surface area contributed by atoms with Crippen LogP contribution >= 0.6 is 34.8 Å². The van der Waals surface area contributed by atoms with Gasteiger partial charge in [-0.2, -0.15) is 10.2 Å². The number of sulfonamides is 1. The average molecular weight is 516 g/mol. The number of halogens is 3. The van der Waals surface area contributed by atoms with Gasteiger partial charge in [0.1, 0.15) is 16.3 Å². The zero-order chi connectivity index (χ0) is 23.5. The predicted octanol–water partition coefficient (Wildman–Crippen LogP) is 6.35. The first-order valence-electron chi connectivity index (χ1n) is 8.68. The molecule has 13 heteroatoms. The second-order valence-electron chi connectivity index (χ2n) is 6.29. The summed E-state index contributed by atoms with van der Waals surface area (Å²) in [5, 5.41) is 29.4. The van der Waals surface area contributed by atoms with E-state index in [1.165, 1.54) is 24.3 Å². The number of benzene rings is 3. The Hall–Kier alpha value is -2.92. The zero-order valence-electron chi connectivity index (χ0n) is 15.9. The highest BCUT2D eigenvalue weighted by Gasteiger charge is 2.23. The molecule has 0 unspecified atom stereocenters. The number of aromatic hydroxyl groups is 1. The summed E-state index contributed by atoms with van der Waals surface area (Å²) in [5.41, 5.74) is -0.278. The maximum atomic E-state index is 13.0. The average Bonchev–Trinajstić information content (AvgIpc) is 2.73. The Labute approximate surface area is 197 Å². The number of nitrogens with one attached hydrogen (secondary N) is 1. The summed E-state index contributed by atoms with van der Waals surface area (Å²) in [6, 6.07) is 12.0. The van der Waals surface area contributed by atoms with Gasteiger partial charge in [0.2, 0.25) is 0 Å². The van der Waals surface area contributed by atoms with Crippen LogP contribution in [0.2, 0.25) is 15.1 Å². The second kappa shape index (κ2) is 9.70. The summed E-state index contributed by atoms with van der Waals surface area (Å²) in [5.74, 6) is -0.244. The molecular formula is C19H13Cl3N4O5S. The summed E-state index contributed by atoms with van der Waals surface area (Å²) >= 11 is 17.8. The van der Waals surface area contributed by atoms with Crippen LogP contribution in [0.1, 0.15) is 5.56 Å². The van der Waals surface area contributed by atoms with Crippen molar-refractivity contribution in [1.82, 2.24) is 0 Å². The topological polar surface area (TPSA) is 134 Å². The molecule has 0 heterocycles. The normalized spacial score (nSPS) is 11.6. The minimum Gasteiger partial charge on any atom is -0.506 e. The van der Waals surface area contributed by atoms with Crippen LogP contribution in [-0.2, 0) is 16.6 Å². The number of hydrogen-bond acceptors (Lipinski definition) is 7. The number of phenols is 1. The standard InChI is InChI=1S/C19H13Cl3N4O5S/c20-12-7-11(19(27)15(22)8-12)10-23-24-17-6-5-13(26(28)29)9-18(17)32(30,31)25-16-4-2-1-3-14(16)21/h1-9,25,27H,10H2. The van der Waals surface area contributed by atoms with E-state index in [0.29, 0.717) is 0 Å². The highest BCUT2D eigenvalue weighted by Crippen LogP contribution is 2.34. The van der Waals surface area contributed by atoms with Crippen molar-refractivity contribution in [1.29, 1.82) is 0 Å². The SMILES string of the molecule is O=[N+]([O-])c1ccc(N=NCc2cc(Cl)cc(Cl)c2O)c(S(=O)(=O)Nc2ccccc2Cl)c1. The first-order chi connectivity index (χ1) is 15.1. The van der Waals surface area contributed by atoms with Crippen LogP contribution in [0.5, 0.6) is 5.75 Å². The van der Waals surface area contributed by atoms with E-state index in [1.807, 2.05) is 0 Å². The van der Waals surface area contributed by atoms with E-state index in [9.17, 15) is 23.6 Å². The first-order valence-corrected chi connectivity index (χ1v) is 11.3. The van der Waals surface area contributed by atoms with Crippen LogP contribution in [-0.4, -0.2) is 18.4 Å². The van der Waals surface area contributed by atoms with Crippen LogP contribution in [0.15, 0.2) is 69.7 Å². The van der Waals surface area contributed by atoms with Crippen molar-refractivity contribution in [3.63, 3.8) is 0 Å². The maximum absolute atomic E-state index is 13.0. The fourth-order valence-electron chi connectivity index (χ4n) is 2.59. The lowest BCUT2D eigenvalue weighted by atomic mass is 10.2. The van der Waals surface area contributed by atoms with Crippen LogP contribution in [0.3, 0.4) is 0 Å². The van der Waals surface area contributed by atoms with Crippen molar-refractivity contribution in [3.05, 3.63) is 85.3 Å². The van der Waals surface area contributed by atoms with Crippen molar-refractivity contribution in [2.24, 2.45) is 10.2 Å². The number of non-ortho nitro benzene ring substituents is 1. The van der Waals surface area contributed by atoms with Crippen molar-refractivity contribution in [2.75, 3.05) is 4.72 Å². The fourth-order valence-corrected chi connectivity index (χ4v) is 4.60. The molecule has 0 atom stereocenters. The van der Waals surface area contributed by atoms with Gasteiger partial charge < -0.3 is 5.11 Å². The Balaban J connectivity index is 1.99. The first kappa shape index (κ1) is 23.7. The molecule has 0 saturated carbocycles. The van der Waals surface area contributed by atoms with Crippen molar-refractivity contribution < 1.29 is 18.4 Å². The number of azo groups is 1. The molecule has 32 heavy (non-hydrogen) atoms. The third-order valence-corrected chi connectivity index (χ3v) is 6.32. The van der Waals surface area contributed by atoms with Crippen molar-refractivity contribution in [3.8, 4) is 5.75 Å². The molecule has 0 spiro atoms. The van der Waals surface area contributed by atoms with Gasteiger partial charge in [0.05, 0.1) is 27.2 Å². The molecule has 0 saturated heterocycles. The quantitative estimate of drug-likeness (QED) is 0.215. The lowest BCUT2D eigenvalue weighted by Crippen LogP contribution is -2.13. The Kier molecular flexibility index (Phi) is 7.19. The smallest absolute Gasteiger partial charge is 0.270 e. The molecule has 0 aliphatic heterocycles. The lowest BCUT2D eigenvalue weighted by molar-refractivity contribution is -0.385. The summed E-state index contributed by atoms with van der Waals surface area (Å²) in [6.45, 7) is -0.180. The summed E-state index contributed by atoms with van der Waals surface area (Å²) in [4.78, 5) is 9.95. The molecule has 2 N–H and O–H groups in total. The third-order valence-electron chi connectivity index (χ3n) is 4.09. The molecule has 0 aliphatic rings. The molecule has 0 radical (unpaired) electrons. The molecule has 0 fully saturated rings. The number of anilines is 1. The number of rotatable bonds is 7. The molecule has 3 aromatic rings. The van der Waals surface area contributed by atoms with E-state index in [1.54, 1.807) is 12.1 Å². The van der Waals surface area contributed by atoms with Gasteiger partial charge in [-0.05, 0) is 30.3 Å². The van der Waals surface area contributed by atoms with Gasteiger partial charge in [-0.3, -0.25) is 14.8 Å². The number of nitro benzene ring substituents is 1. The Morgan fingerprint density at radius 1 is 1.03 bits per heavy atom. The monoisotopic (exact) mass is 514 g/mol. The zero-order valence-corrected chi connectivity index (χ0v) is 19.0. The van der Waals surface area contributed by atoms with E-state index >= 15 is 0 Å². The Bertz CT molecular complexity index is 1330. The fraction of sp³-hybridized carbons (Fsp3) is 0.0526. The molecule has 3 rings (SSSR count). The van der Waals surface area contributed by atoms with E-state index < -0.39 is 25.5 Å². The molecular weight excluding hydrogens is 503 g/mol. The van der Waals surface area contributed by atoms with Gasteiger partial charge in [-0.25, -0.2) is 8.42 Å². The van der Waals surface area contributed by atoms with Crippen molar-refractivity contribution in [2.45, 2.75) is 11.4 Å². The number of hydrogen-bond donors (Lipinski definition) is 2. The van der Waals surface area contributed by atoms with Gasteiger partial charge in [0.25, 0.3) is 15.7 Å². The maximum Gasteiger partial charge on any atom is 0.270 e. The molecule has 0 bridgehead atoms. The van der Waals surface area contributed by atoms with Crippen LogP contribution in [0.25, 0.3) is 0 Å². The predicted molar refractivity (Wildman–Crippen MR) is 122 cm³/mol. The minimum atomic E-state index is -4.32. The van der Waals surface area contributed by atoms with Crippen molar-refractivity contribution >= 4 is 61.9 Å². The molecule has 9 nitrogen and oxygen atoms in total. The lowest BCUT2D eigenvalue weighted by Gasteiger charge is -2.11. The largest absolute Gasteiger partial charge is 0.506 e. The van der Waals surface area contributed by atoms with Gasteiger partial charge >= 0.3 is 0 Å². The highest BCUT2D eigenvalue weighted by molar-refractivity contribution is 7.92. The van der Waals surface area contributed by atoms with Gasteiger partial charge in [0, 0.05) is 22.7 Å². The van der Waals surface area contributed by atoms with E-state index in [-0.39, 0.29) is 44.3 Å². The highest BCUT2D eigenvalue weighted by atomic mass is 35.5. The van der Waals surface area contributed by atoms with E-state index in [2.05, 4.69) is 15.0 Å². The van der Waals surface area contributed by atoms with Crippen LogP contribution in [0.4, 0.5) is 17.1 Å². The minimum absolute atomic E-state index is 0.0187. The number of phenolic OH excluding ortho intramolecular Hbond substituents is 1. The third kappa shape index (κ3) is 5.46. The van der Waals surface area contributed by atoms with Gasteiger partial charge in [-0.15, -0.1) is 0 Å². The summed E-state index contributed by atoms with van der Waals surface area (Å²) in [7, 11) is -4.32. The van der Waals surface area contributed by atoms with Gasteiger partial charge in [0.15, 0.2) is 0 Å². The Morgan fingerprint density at radius 2 is 1.75 bits per heavy atom. The van der Waals surface area contributed by atoms with Crippen LogP contribution in [0, 0.1) is 10.1 Å². The van der Waals surface area contributed by atoms with E-state index in [0.717, 1.165) is 18.2 Å². The number of para-hydroxylation sites is 1. The number of nitro groups is 1. The van der Waals surface area contributed by atoms with Crippen LogP contribution < -0.4 is 4.72 Å². The summed E-state index contributed by atoms with van der Waals surface area (Å²) < 4.78 is 28.2. The molecule has 0 aromatic heterocycles. The molecule has 3 aromatic carbocycles. The van der Waals surface area contributed by atoms with E-state index in [4.69, 9.17) is 34.8 Å². The molecule has 166 valence electrons. The Morgan fingerprint density at radius 3 is 2.44 bits per heavy atom. The summed E-state index contributed by atoms with van der Waals surface area (Å²) in [6.07, 6.45) is 0. The van der Waals surface area contributed by atoms with Gasteiger partial charge in [-0.1, -0.05) is 46.9 Å². The molecule has 0 amide bonds. The number of nitrogens with zero attached hydrogens (tertiary/aromatic N) is 3.